The number of nitrogens with zero attached hydrogens (tertiary/aromatic N) is 3. The number of morpholine rings is 1. The molecule has 6 nitrogen and oxygen atoms in total. The van der Waals surface area contributed by atoms with E-state index in [1.54, 1.807) is 0 Å². The van der Waals surface area contributed by atoms with E-state index in [4.69, 9.17) is 22.1 Å². The summed E-state index contributed by atoms with van der Waals surface area (Å²) in [6.07, 6.45) is 1.40. The molecular weight excluding hydrogens is 314 g/mol. The molecular formula is C16H20ClN5O. The number of anilines is 3. The highest BCUT2D eigenvalue weighted by atomic mass is 35.5. The van der Waals surface area contributed by atoms with E-state index in [2.05, 4.69) is 51.4 Å². The number of benzene rings is 1. The Labute approximate surface area is 140 Å². The Kier molecular flexibility index (Phi) is 4.83. The van der Waals surface area contributed by atoms with Crippen LogP contribution in [0, 0.1) is 0 Å². The summed E-state index contributed by atoms with van der Waals surface area (Å²) in [7, 11) is 0. The van der Waals surface area contributed by atoms with Gasteiger partial charge in [0.25, 0.3) is 0 Å². The van der Waals surface area contributed by atoms with Crippen molar-refractivity contribution < 1.29 is 4.74 Å². The number of hydrogen-bond donors (Lipinski definition) is 2. The lowest BCUT2D eigenvalue weighted by Gasteiger charge is -2.29. The zero-order valence-electron chi connectivity index (χ0n) is 13.0. The number of rotatable bonds is 4. The fraction of sp³-hybridized carbons (Fsp3) is 0.375. The molecule has 3 N–H and O–H groups in total. The molecule has 1 unspecified atom stereocenters. The Bertz CT molecular complexity index is 658. The van der Waals surface area contributed by atoms with Crippen molar-refractivity contribution in [3.05, 3.63) is 41.2 Å². The number of hydrogen-bond acceptors (Lipinski definition) is 6. The van der Waals surface area contributed by atoms with Crippen LogP contribution in [-0.2, 0) is 4.74 Å². The topological polar surface area (TPSA) is 76.3 Å². The zero-order valence-corrected chi connectivity index (χ0v) is 13.8. The SMILES string of the molecule is CC(Nc1ncnc(N)c1Cl)c1ccc(N2CCOCC2)cc1. The molecule has 0 radical (unpaired) electrons. The van der Waals surface area contributed by atoms with Crippen molar-refractivity contribution in [2.24, 2.45) is 0 Å². The van der Waals surface area contributed by atoms with Gasteiger partial charge in [-0.25, -0.2) is 9.97 Å². The fourth-order valence-corrected chi connectivity index (χ4v) is 2.72. The minimum absolute atomic E-state index is 0.0561. The first-order valence-corrected chi connectivity index (χ1v) is 7.98. The summed E-state index contributed by atoms with van der Waals surface area (Å²) in [5.74, 6) is 0.822. The lowest BCUT2D eigenvalue weighted by molar-refractivity contribution is 0.122. The summed E-state index contributed by atoms with van der Waals surface area (Å²) in [6, 6.07) is 8.55. The average Bonchev–Trinajstić information content (AvgIpc) is 2.60. The molecule has 7 heteroatoms. The molecule has 0 bridgehead atoms. The standard InChI is InChI=1S/C16H20ClN5O/c1-11(21-16-14(17)15(18)19-10-20-16)12-2-4-13(5-3-12)22-6-8-23-9-7-22/h2-5,10-11H,6-9H2,1H3,(H3,18,19,20,21). The summed E-state index contributed by atoms with van der Waals surface area (Å²) < 4.78 is 5.38. The van der Waals surface area contributed by atoms with E-state index < -0.39 is 0 Å². The molecule has 2 heterocycles. The van der Waals surface area contributed by atoms with Crippen molar-refractivity contribution in [2.75, 3.05) is 42.3 Å². The zero-order chi connectivity index (χ0) is 16.2. The monoisotopic (exact) mass is 333 g/mol. The number of nitrogen functional groups attached to an aromatic ring is 1. The van der Waals surface area contributed by atoms with E-state index in [0.29, 0.717) is 10.8 Å². The highest BCUT2D eigenvalue weighted by molar-refractivity contribution is 6.35. The van der Waals surface area contributed by atoms with Gasteiger partial charge in [-0.15, -0.1) is 0 Å². The maximum absolute atomic E-state index is 6.12. The summed E-state index contributed by atoms with van der Waals surface area (Å²) >= 11 is 6.12. The second-order valence-corrected chi connectivity index (χ2v) is 5.86. The summed E-state index contributed by atoms with van der Waals surface area (Å²) in [6.45, 7) is 5.49. The lowest BCUT2D eigenvalue weighted by atomic mass is 10.1. The van der Waals surface area contributed by atoms with Gasteiger partial charge in [-0.05, 0) is 24.6 Å². The maximum Gasteiger partial charge on any atom is 0.150 e. The maximum atomic E-state index is 6.12. The summed E-state index contributed by atoms with van der Waals surface area (Å²) in [5.41, 5.74) is 8.06. The molecule has 0 aliphatic carbocycles. The van der Waals surface area contributed by atoms with Gasteiger partial charge in [0.1, 0.15) is 17.2 Å². The van der Waals surface area contributed by atoms with Crippen LogP contribution in [0.25, 0.3) is 0 Å². The van der Waals surface area contributed by atoms with Gasteiger partial charge >= 0.3 is 0 Å². The first-order chi connectivity index (χ1) is 11.1. The fourth-order valence-electron chi connectivity index (χ4n) is 2.57. The Hall–Kier alpha value is -2.05. The molecule has 1 aromatic heterocycles. The first kappa shape index (κ1) is 15.8. The van der Waals surface area contributed by atoms with E-state index in [-0.39, 0.29) is 11.9 Å². The minimum atomic E-state index is 0.0561. The van der Waals surface area contributed by atoms with Gasteiger partial charge in [-0.3, -0.25) is 0 Å². The molecule has 0 saturated carbocycles. The van der Waals surface area contributed by atoms with Crippen molar-refractivity contribution in [1.29, 1.82) is 0 Å². The molecule has 0 amide bonds. The lowest BCUT2D eigenvalue weighted by Crippen LogP contribution is -2.36. The van der Waals surface area contributed by atoms with Crippen LogP contribution in [0.2, 0.25) is 5.02 Å². The normalized spacial score (nSPS) is 16.2. The number of ether oxygens (including phenoxy) is 1. The van der Waals surface area contributed by atoms with Crippen LogP contribution < -0.4 is 16.0 Å². The molecule has 122 valence electrons. The van der Waals surface area contributed by atoms with Gasteiger partial charge in [-0.1, -0.05) is 23.7 Å². The second-order valence-electron chi connectivity index (χ2n) is 5.48. The second kappa shape index (κ2) is 7.02. The molecule has 23 heavy (non-hydrogen) atoms. The quantitative estimate of drug-likeness (QED) is 0.896. The predicted molar refractivity (Wildman–Crippen MR) is 93.0 cm³/mol. The minimum Gasteiger partial charge on any atom is -0.382 e. The van der Waals surface area contributed by atoms with E-state index in [0.717, 1.165) is 31.9 Å². The van der Waals surface area contributed by atoms with E-state index in [1.165, 1.54) is 12.0 Å². The number of nitrogens with two attached hydrogens (primary N) is 1. The molecule has 1 aliphatic heterocycles. The number of aromatic nitrogens is 2. The van der Waals surface area contributed by atoms with Crippen LogP contribution in [0.3, 0.4) is 0 Å². The predicted octanol–water partition coefficient (Wildman–Crippen LogP) is 2.72. The van der Waals surface area contributed by atoms with E-state index >= 15 is 0 Å². The van der Waals surface area contributed by atoms with Crippen LogP contribution in [0.15, 0.2) is 30.6 Å². The Balaban J connectivity index is 1.70. The molecule has 1 fully saturated rings. The van der Waals surface area contributed by atoms with Gasteiger partial charge in [0, 0.05) is 24.8 Å². The molecule has 3 rings (SSSR count). The van der Waals surface area contributed by atoms with Crippen molar-refractivity contribution in [1.82, 2.24) is 9.97 Å². The van der Waals surface area contributed by atoms with Crippen molar-refractivity contribution in [3.8, 4) is 0 Å². The molecule has 1 aromatic carbocycles. The Morgan fingerprint density at radius 2 is 1.91 bits per heavy atom. The third-order valence-corrected chi connectivity index (χ3v) is 4.31. The highest BCUT2D eigenvalue weighted by Crippen LogP contribution is 2.28. The van der Waals surface area contributed by atoms with Crippen molar-refractivity contribution >= 4 is 28.9 Å². The highest BCUT2D eigenvalue weighted by Gasteiger charge is 2.13. The number of nitrogens with one attached hydrogen (secondary N) is 1. The van der Waals surface area contributed by atoms with Crippen LogP contribution in [0.4, 0.5) is 17.3 Å². The smallest absolute Gasteiger partial charge is 0.150 e. The van der Waals surface area contributed by atoms with Crippen LogP contribution in [0.1, 0.15) is 18.5 Å². The van der Waals surface area contributed by atoms with Gasteiger partial charge in [0.15, 0.2) is 5.82 Å². The van der Waals surface area contributed by atoms with Crippen LogP contribution >= 0.6 is 11.6 Å². The summed E-state index contributed by atoms with van der Waals surface area (Å²) in [5, 5.41) is 3.62. The van der Waals surface area contributed by atoms with E-state index in [1.807, 2.05) is 0 Å². The van der Waals surface area contributed by atoms with Crippen molar-refractivity contribution in [3.63, 3.8) is 0 Å². The Morgan fingerprint density at radius 3 is 2.61 bits per heavy atom. The molecule has 0 spiro atoms. The van der Waals surface area contributed by atoms with Gasteiger partial charge in [-0.2, -0.15) is 0 Å². The molecule has 1 atom stereocenters. The number of halogens is 1. The average molecular weight is 334 g/mol. The molecule has 1 saturated heterocycles. The van der Waals surface area contributed by atoms with Crippen LogP contribution in [0.5, 0.6) is 0 Å². The summed E-state index contributed by atoms with van der Waals surface area (Å²) in [4.78, 5) is 10.3. The van der Waals surface area contributed by atoms with Gasteiger partial charge in [0.2, 0.25) is 0 Å². The largest absolute Gasteiger partial charge is 0.382 e. The third-order valence-electron chi connectivity index (χ3n) is 3.94. The first-order valence-electron chi connectivity index (χ1n) is 7.60. The molecule has 2 aromatic rings. The van der Waals surface area contributed by atoms with Crippen molar-refractivity contribution in [2.45, 2.75) is 13.0 Å². The van der Waals surface area contributed by atoms with Gasteiger partial charge in [0.05, 0.1) is 13.2 Å². The molecule has 1 aliphatic rings. The van der Waals surface area contributed by atoms with E-state index in [9.17, 15) is 0 Å². The Morgan fingerprint density at radius 1 is 1.22 bits per heavy atom. The van der Waals surface area contributed by atoms with Crippen LogP contribution in [-0.4, -0.2) is 36.3 Å². The van der Waals surface area contributed by atoms with Gasteiger partial charge < -0.3 is 20.7 Å². The third kappa shape index (κ3) is 3.65.